The molecule has 0 aliphatic rings. The molecule has 2 atom stereocenters. The van der Waals surface area contributed by atoms with Crippen molar-refractivity contribution < 1.29 is 29.0 Å². The molecule has 0 radical (unpaired) electrons. The van der Waals surface area contributed by atoms with Gasteiger partial charge in [0.2, 0.25) is 6.29 Å². The Labute approximate surface area is 173 Å². The van der Waals surface area contributed by atoms with E-state index in [1.807, 2.05) is 0 Å². The summed E-state index contributed by atoms with van der Waals surface area (Å²) in [6, 6.07) is 14.4. The highest BCUT2D eigenvalue weighted by atomic mass is 35.5. The Morgan fingerprint density at radius 3 is 2.28 bits per heavy atom. The van der Waals surface area contributed by atoms with Gasteiger partial charge >= 0.3 is 18.0 Å². The smallest absolute Gasteiger partial charge is 0.410 e. The Kier molecular flexibility index (Phi) is 8.48. The number of carbonyl (C=O) groups excluding carboxylic acids is 2. The maximum absolute atomic E-state index is 12.3. The van der Waals surface area contributed by atoms with E-state index in [0.29, 0.717) is 16.1 Å². The summed E-state index contributed by atoms with van der Waals surface area (Å²) in [6.45, 7) is 1.71. The molecule has 0 heterocycles. The molecule has 0 fully saturated rings. The van der Waals surface area contributed by atoms with Gasteiger partial charge in [-0.05, 0) is 36.2 Å². The molecule has 29 heavy (non-hydrogen) atoms. The Morgan fingerprint density at radius 1 is 1.03 bits per heavy atom. The van der Waals surface area contributed by atoms with Gasteiger partial charge in [0, 0.05) is 17.9 Å². The monoisotopic (exact) mass is 419 g/mol. The van der Waals surface area contributed by atoms with Crippen LogP contribution in [0.15, 0.2) is 54.6 Å². The van der Waals surface area contributed by atoms with Crippen molar-refractivity contribution in [2.75, 3.05) is 0 Å². The van der Waals surface area contributed by atoms with Gasteiger partial charge in [-0.2, -0.15) is 0 Å². The van der Waals surface area contributed by atoms with Crippen molar-refractivity contribution in [3.05, 3.63) is 70.7 Å². The van der Waals surface area contributed by atoms with E-state index in [9.17, 15) is 14.4 Å². The van der Waals surface area contributed by atoms with Gasteiger partial charge in [-0.1, -0.05) is 48.9 Å². The second kappa shape index (κ2) is 11.1. The van der Waals surface area contributed by atoms with E-state index < -0.39 is 30.4 Å². The van der Waals surface area contributed by atoms with Crippen molar-refractivity contribution in [1.82, 2.24) is 5.32 Å². The number of carboxylic acids is 1. The zero-order valence-electron chi connectivity index (χ0n) is 15.8. The number of alkyl carbamates (subject to hydrolysis) is 1. The van der Waals surface area contributed by atoms with E-state index in [-0.39, 0.29) is 19.3 Å². The van der Waals surface area contributed by atoms with Gasteiger partial charge in [-0.25, -0.2) is 9.59 Å². The van der Waals surface area contributed by atoms with Gasteiger partial charge < -0.3 is 19.9 Å². The first kappa shape index (κ1) is 22.2. The molecule has 0 aliphatic carbocycles. The zero-order valence-corrected chi connectivity index (χ0v) is 16.6. The van der Waals surface area contributed by atoms with Crippen molar-refractivity contribution in [2.45, 2.75) is 38.5 Å². The molecule has 0 spiro atoms. The van der Waals surface area contributed by atoms with Crippen LogP contribution in [-0.4, -0.2) is 29.4 Å². The van der Waals surface area contributed by atoms with Crippen molar-refractivity contribution >= 4 is 29.6 Å². The third-order valence-electron chi connectivity index (χ3n) is 4.03. The summed E-state index contributed by atoms with van der Waals surface area (Å²) in [5, 5.41) is 12.1. The molecule has 154 valence electrons. The lowest BCUT2D eigenvalue weighted by Gasteiger charge is -2.21. The predicted octanol–water partition coefficient (Wildman–Crippen LogP) is 4.57. The molecule has 0 bridgehead atoms. The molecule has 7 nitrogen and oxygen atoms in total. The highest BCUT2D eigenvalue weighted by Crippen LogP contribution is 2.21. The maximum atomic E-state index is 12.3. The number of esters is 1. The van der Waals surface area contributed by atoms with Gasteiger partial charge in [-0.3, -0.25) is 4.79 Å². The van der Waals surface area contributed by atoms with E-state index in [0.717, 1.165) is 0 Å². The minimum absolute atomic E-state index is 0.145. The Morgan fingerprint density at radius 2 is 1.69 bits per heavy atom. The van der Waals surface area contributed by atoms with Crippen LogP contribution in [0.25, 0.3) is 0 Å². The van der Waals surface area contributed by atoms with E-state index >= 15 is 0 Å². The summed E-state index contributed by atoms with van der Waals surface area (Å²) in [7, 11) is 0. The van der Waals surface area contributed by atoms with Crippen LogP contribution in [0.3, 0.4) is 0 Å². The van der Waals surface area contributed by atoms with E-state index in [2.05, 4.69) is 5.32 Å². The minimum atomic E-state index is -1.08. The largest absolute Gasteiger partial charge is 0.481 e. The van der Waals surface area contributed by atoms with Crippen molar-refractivity contribution in [1.29, 1.82) is 0 Å². The Balaban J connectivity index is 2.00. The molecule has 2 unspecified atom stereocenters. The molecule has 0 aliphatic heterocycles. The van der Waals surface area contributed by atoms with Crippen LogP contribution in [0.1, 0.15) is 48.1 Å². The number of carboxylic acid groups (broad SMARTS) is 1. The van der Waals surface area contributed by atoms with Gasteiger partial charge in [0.05, 0.1) is 11.6 Å². The molecule has 0 aromatic heterocycles. The number of rotatable bonds is 9. The molecular weight excluding hydrogens is 398 g/mol. The van der Waals surface area contributed by atoms with E-state index in [1.54, 1.807) is 61.5 Å². The fraction of sp³-hybridized carbons (Fsp3) is 0.286. The molecule has 0 saturated heterocycles. The van der Waals surface area contributed by atoms with Crippen molar-refractivity contribution in [3.63, 3.8) is 0 Å². The normalized spacial score (nSPS) is 12.5. The summed E-state index contributed by atoms with van der Waals surface area (Å²) < 4.78 is 10.4. The summed E-state index contributed by atoms with van der Waals surface area (Å²) >= 11 is 5.88. The van der Waals surface area contributed by atoms with Crippen LogP contribution in [0, 0.1) is 0 Å². The lowest BCUT2D eigenvalue weighted by Crippen LogP contribution is -2.34. The summed E-state index contributed by atoms with van der Waals surface area (Å²) in [5.74, 6) is -1.59. The quantitative estimate of drug-likeness (QED) is 0.456. The maximum Gasteiger partial charge on any atom is 0.410 e. The van der Waals surface area contributed by atoms with Gasteiger partial charge in [0.1, 0.15) is 0 Å². The fourth-order valence-electron chi connectivity index (χ4n) is 2.53. The molecular formula is C21H22ClNO6. The number of ether oxygens (including phenoxy) is 2. The molecule has 2 N–H and O–H groups in total. The number of aliphatic carboxylic acids is 1. The number of carbonyl (C=O) groups is 3. The van der Waals surface area contributed by atoms with Crippen LogP contribution in [0.5, 0.6) is 0 Å². The first-order chi connectivity index (χ1) is 13.9. The fourth-order valence-corrected chi connectivity index (χ4v) is 2.66. The van der Waals surface area contributed by atoms with Crippen LogP contribution in [0.4, 0.5) is 4.79 Å². The SMILES string of the molecule is CCC(OC(=O)NC(CCC(=O)O)c1ccc(Cl)cc1)OC(=O)c1ccccc1. The second-order valence-electron chi connectivity index (χ2n) is 6.20. The molecule has 0 saturated carbocycles. The van der Waals surface area contributed by atoms with E-state index in [4.69, 9.17) is 26.2 Å². The molecule has 2 aromatic rings. The Hall–Kier alpha value is -3.06. The number of halogens is 1. The minimum Gasteiger partial charge on any atom is -0.481 e. The van der Waals surface area contributed by atoms with Crippen molar-refractivity contribution in [3.8, 4) is 0 Å². The molecule has 2 aromatic carbocycles. The highest BCUT2D eigenvalue weighted by Gasteiger charge is 2.22. The number of amides is 1. The number of benzene rings is 2. The second-order valence-corrected chi connectivity index (χ2v) is 6.63. The average Bonchev–Trinajstić information content (AvgIpc) is 2.71. The zero-order chi connectivity index (χ0) is 21.2. The topological polar surface area (TPSA) is 102 Å². The van der Waals surface area contributed by atoms with Gasteiger partial charge in [0.25, 0.3) is 0 Å². The lowest BCUT2D eigenvalue weighted by molar-refractivity contribution is -0.137. The molecule has 1 amide bonds. The average molecular weight is 420 g/mol. The van der Waals surface area contributed by atoms with Crippen LogP contribution in [0.2, 0.25) is 5.02 Å². The van der Waals surface area contributed by atoms with Crippen LogP contribution in [-0.2, 0) is 14.3 Å². The first-order valence-corrected chi connectivity index (χ1v) is 9.47. The third-order valence-corrected chi connectivity index (χ3v) is 4.28. The molecule has 2 rings (SSSR count). The number of hydrogen-bond acceptors (Lipinski definition) is 5. The highest BCUT2D eigenvalue weighted by molar-refractivity contribution is 6.30. The summed E-state index contributed by atoms with van der Waals surface area (Å²) in [5.41, 5.74) is 1.03. The van der Waals surface area contributed by atoms with Crippen LogP contribution < -0.4 is 5.32 Å². The van der Waals surface area contributed by atoms with Crippen molar-refractivity contribution in [2.24, 2.45) is 0 Å². The number of hydrogen-bond donors (Lipinski definition) is 2. The van der Waals surface area contributed by atoms with Crippen LogP contribution >= 0.6 is 11.6 Å². The summed E-state index contributed by atoms with van der Waals surface area (Å²) in [4.78, 5) is 35.4. The van der Waals surface area contributed by atoms with E-state index in [1.165, 1.54) is 0 Å². The van der Waals surface area contributed by atoms with Gasteiger partial charge in [-0.15, -0.1) is 0 Å². The Bertz CT molecular complexity index is 825. The number of nitrogens with one attached hydrogen (secondary N) is 1. The van der Waals surface area contributed by atoms with Gasteiger partial charge in [0.15, 0.2) is 0 Å². The lowest BCUT2D eigenvalue weighted by atomic mass is 10.0. The summed E-state index contributed by atoms with van der Waals surface area (Å²) in [6.07, 6.45) is -1.62. The standard InChI is InChI=1S/C21H22ClNO6/c1-2-19(28-20(26)15-6-4-3-5-7-15)29-21(27)23-17(12-13-18(24)25)14-8-10-16(22)11-9-14/h3-11,17,19H,2,12-13H2,1H3,(H,23,27)(H,24,25). The predicted molar refractivity (Wildman–Crippen MR) is 107 cm³/mol. The first-order valence-electron chi connectivity index (χ1n) is 9.09. The third kappa shape index (κ3) is 7.46. The molecule has 8 heteroatoms.